The van der Waals surface area contributed by atoms with Gasteiger partial charge in [-0.1, -0.05) is 13.8 Å². The van der Waals surface area contributed by atoms with E-state index >= 15 is 0 Å². The second-order valence-electron chi connectivity index (χ2n) is 8.23. The van der Waals surface area contributed by atoms with Gasteiger partial charge in [0.25, 0.3) is 0 Å². The number of piperidine rings is 1. The van der Waals surface area contributed by atoms with Crippen LogP contribution < -0.4 is 5.32 Å². The lowest BCUT2D eigenvalue weighted by atomic mass is 9.97. The van der Waals surface area contributed by atoms with E-state index in [0.717, 1.165) is 51.5 Å². The maximum absolute atomic E-state index is 5.51. The van der Waals surface area contributed by atoms with Gasteiger partial charge < -0.3 is 15.0 Å². The maximum atomic E-state index is 5.51. The van der Waals surface area contributed by atoms with E-state index < -0.39 is 0 Å². The molecule has 2 aliphatic rings. The first-order chi connectivity index (χ1) is 11.9. The van der Waals surface area contributed by atoms with Crippen LogP contribution in [0.4, 0.5) is 0 Å². The van der Waals surface area contributed by atoms with E-state index in [9.17, 15) is 0 Å². The molecule has 0 aromatic carbocycles. The minimum atomic E-state index is 0.122. The maximum Gasteiger partial charge on any atom is 0.193 e. The van der Waals surface area contributed by atoms with Crippen molar-refractivity contribution < 1.29 is 4.74 Å². The lowest BCUT2D eigenvalue weighted by Crippen LogP contribution is -2.57. The summed E-state index contributed by atoms with van der Waals surface area (Å²) in [6.07, 6.45) is 2.70. The predicted octanol–water partition coefficient (Wildman–Crippen LogP) is 2.52. The van der Waals surface area contributed by atoms with Crippen LogP contribution in [0, 0.1) is 5.92 Å². The highest BCUT2D eigenvalue weighted by molar-refractivity contribution is 8.00. The molecule has 1 unspecified atom stereocenters. The summed E-state index contributed by atoms with van der Waals surface area (Å²) < 4.78 is 5.51. The van der Waals surface area contributed by atoms with Gasteiger partial charge in [0.2, 0.25) is 0 Å². The molecule has 5 nitrogen and oxygen atoms in total. The molecule has 2 aliphatic heterocycles. The summed E-state index contributed by atoms with van der Waals surface area (Å²) in [5.41, 5.74) is 0.122. The van der Waals surface area contributed by atoms with Gasteiger partial charge >= 0.3 is 0 Å². The van der Waals surface area contributed by atoms with Crippen LogP contribution in [-0.2, 0) is 4.74 Å². The van der Waals surface area contributed by atoms with Crippen molar-refractivity contribution in [2.45, 2.75) is 57.4 Å². The summed E-state index contributed by atoms with van der Waals surface area (Å²) in [5, 5.41) is 4.36. The second kappa shape index (κ2) is 9.47. The number of rotatable bonds is 5. The van der Waals surface area contributed by atoms with E-state index in [1.54, 1.807) is 0 Å². The molecule has 0 spiro atoms. The average Bonchev–Trinajstić information content (AvgIpc) is 2.62. The Morgan fingerprint density at radius 1 is 1.28 bits per heavy atom. The zero-order chi connectivity index (χ0) is 18.4. The Morgan fingerprint density at radius 2 is 1.96 bits per heavy atom. The van der Waals surface area contributed by atoms with E-state index in [2.05, 4.69) is 59.6 Å². The van der Waals surface area contributed by atoms with Gasteiger partial charge in [0, 0.05) is 63.4 Å². The normalized spacial score (nSPS) is 24.8. The van der Waals surface area contributed by atoms with E-state index in [0.29, 0.717) is 17.3 Å². The summed E-state index contributed by atoms with van der Waals surface area (Å²) in [7, 11) is 3.74. The Balaban J connectivity index is 1.87. The molecule has 0 saturated carbocycles. The zero-order valence-corrected chi connectivity index (χ0v) is 17.9. The quantitative estimate of drug-likeness (QED) is 0.595. The van der Waals surface area contributed by atoms with Gasteiger partial charge in [-0.15, -0.1) is 0 Å². The Labute approximate surface area is 158 Å². The number of ether oxygens (including phenoxy) is 1. The molecule has 1 atom stereocenters. The van der Waals surface area contributed by atoms with Gasteiger partial charge in [0.05, 0.1) is 6.10 Å². The van der Waals surface area contributed by atoms with Crippen LogP contribution in [0.3, 0.4) is 0 Å². The van der Waals surface area contributed by atoms with E-state index in [4.69, 9.17) is 4.74 Å². The first-order valence-electron chi connectivity index (χ1n) is 9.72. The molecule has 1 N–H and O–H groups in total. The summed E-state index contributed by atoms with van der Waals surface area (Å²) in [4.78, 5) is 9.59. The number of thioether (sulfide) groups is 1. The van der Waals surface area contributed by atoms with Gasteiger partial charge in [0.15, 0.2) is 5.96 Å². The molecule has 0 amide bonds. The van der Waals surface area contributed by atoms with Crippen molar-refractivity contribution in [1.82, 2.24) is 15.1 Å². The molecular formula is C19H38N4OS. The van der Waals surface area contributed by atoms with Crippen LogP contribution in [-0.4, -0.2) is 85.3 Å². The van der Waals surface area contributed by atoms with Crippen LogP contribution in [0.2, 0.25) is 0 Å². The molecule has 0 radical (unpaired) electrons. The molecule has 2 rings (SSSR count). The van der Waals surface area contributed by atoms with Crippen molar-refractivity contribution >= 4 is 17.7 Å². The first-order valence-corrected chi connectivity index (χ1v) is 10.8. The highest BCUT2D eigenvalue weighted by Crippen LogP contribution is 2.25. The molecule has 6 heteroatoms. The number of methoxy groups -OCH3 is 1. The molecule has 0 aromatic rings. The fraction of sp³-hybridized carbons (Fsp3) is 0.947. The molecule has 0 bridgehead atoms. The summed E-state index contributed by atoms with van der Waals surface area (Å²) in [6, 6.07) is 0. The van der Waals surface area contributed by atoms with E-state index in [1.807, 2.05) is 14.2 Å². The third-order valence-electron chi connectivity index (χ3n) is 5.66. The molecule has 0 aromatic heterocycles. The smallest absolute Gasteiger partial charge is 0.193 e. The number of likely N-dealkylation sites (tertiary alicyclic amines) is 1. The fourth-order valence-corrected chi connectivity index (χ4v) is 5.01. The Morgan fingerprint density at radius 3 is 2.52 bits per heavy atom. The number of guanidine groups is 1. The minimum Gasteiger partial charge on any atom is -0.381 e. The number of nitrogens with zero attached hydrogens (tertiary/aromatic N) is 3. The Kier molecular flexibility index (Phi) is 7.90. The van der Waals surface area contributed by atoms with Crippen molar-refractivity contribution in [1.29, 1.82) is 0 Å². The topological polar surface area (TPSA) is 40.1 Å². The van der Waals surface area contributed by atoms with Crippen LogP contribution in [0.25, 0.3) is 0 Å². The van der Waals surface area contributed by atoms with Crippen molar-refractivity contribution in [2.75, 3.05) is 52.6 Å². The van der Waals surface area contributed by atoms with E-state index in [-0.39, 0.29) is 5.54 Å². The second-order valence-corrected chi connectivity index (χ2v) is 9.58. The van der Waals surface area contributed by atoms with Gasteiger partial charge in [-0.05, 0) is 32.6 Å². The first kappa shape index (κ1) is 20.8. The summed E-state index contributed by atoms with van der Waals surface area (Å²) >= 11 is 2.11. The van der Waals surface area contributed by atoms with Gasteiger partial charge in [0.1, 0.15) is 0 Å². The number of aliphatic imine (C=N–C) groups is 1. The molecule has 2 fully saturated rings. The van der Waals surface area contributed by atoms with Gasteiger partial charge in [-0.2, -0.15) is 11.8 Å². The molecule has 2 saturated heterocycles. The SMILES string of the molecule is CN=C(NCC(C)(C)N1CCC(OC)CC1)N1CCSC(C(C)C)C1. The fourth-order valence-electron chi connectivity index (χ4n) is 3.71. The molecule has 0 aliphatic carbocycles. The lowest BCUT2D eigenvalue weighted by molar-refractivity contribution is 0.00765. The van der Waals surface area contributed by atoms with Gasteiger partial charge in [-0.3, -0.25) is 9.89 Å². The van der Waals surface area contributed by atoms with Crippen LogP contribution >= 0.6 is 11.8 Å². The zero-order valence-electron chi connectivity index (χ0n) is 17.0. The predicted molar refractivity (Wildman–Crippen MR) is 110 cm³/mol. The van der Waals surface area contributed by atoms with Crippen LogP contribution in [0.5, 0.6) is 0 Å². The molecule has 2 heterocycles. The standard InChI is InChI=1S/C19H38N4OS/c1-15(2)17-13-22(11-12-25-17)18(20-5)21-14-19(3,4)23-9-7-16(24-6)8-10-23/h15-17H,7-14H2,1-6H3,(H,20,21). The molecular weight excluding hydrogens is 332 g/mol. The van der Waals surface area contributed by atoms with E-state index in [1.165, 1.54) is 5.75 Å². The Bertz CT molecular complexity index is 433. The largest absolute Gasteiger partial charge is 0.381 e. The van der Waals surface area contributed by atoms with Crippen molar-refractivity contribution in [3.8, 4) is 0 Å². The highest BCUT2D eigenvalue weighted by atomic mass is 32.2. The number of hydrogen-bond acceptors (Lipinski definition) is 4. The number of nitrogens with one attached hydrogen (secondary N) is 1. The Hall–Kier alpha value is -0.460. The van der Waals surface area contributed by atoms with Crippen molar-refractivity contribution in [2.24, 2.45) is 10.9 Å². The van der Waals surface area contributed by atoms with Gasteiger partial charge in [-0.25, -0.2) is 0 Å². The average molecular weight is 371 g/mol. The minimum absolute atomic E-state index is 0.122. The lowest BCUT2D eigenvalue weighted by Gasteiger charge is -2.43. The van der Waals surface area contributed by atoms with Crippen molar-refractivity contribution in [3.05, 3.63) is 0 Å². The molecule has 25 heavy (non-hydrogen) atoms. The van der Waals surface area contributed by atoms with Crippen molar-refractivity contribution in [3.63, 3.8) is 0 Å². The summed E-state index contributed by atoms with van der Waals surface area (Å²) in [5.74, 6) is 2.97. The third kappa shape index (κ3) is 5.76. The monoisotopic (exact) mass is 370 g/mol. The number of hydrogen-bond donors (Lipinski definition) is 1. The highest BCUT2D eigenvalue weighted by Gasteiger charge is 2.32. The molecule has 146 valence electrons. The van der Waals surface area contributed by atoms with Crippen LogP contribution in [0.15, 0.2) is 4.99 Å². The van der Waals surface area contributed by atoms with Crippen LogP contribution in [0.1, 0.15) is 40.5 Å². The summed E-state index contributed by atoms with van der Waals surface area (Å²) in [6.45, 7) is 14.7. The third-order valence-corrected chi connectivity index (χ3v) is 7.20.